The largest absolute Gasteiger partial charge is 0.308 e. The monoisotopic (exact) mass is 150 g/mol. The molecule has 2 nitrogen and oxygen atoms in total. The van der Waals surface area contributed by atoms with E-state index in [1.807, 2.05) is 6.21 Å². The van der Waals surface area contributed by atoms with E-state index >= 15 is 0 Å². The fraction of sp³-hybridized carbons (Fsp3) is 0.556. The summed E-state index contributed by atoms with van der Waals surface area (Å²) in [5.41, 5.74) is 2.43. The molecule has 60 valence electrons. The van der Waals surface area contributed by atoms with Crippen LogP contribution in [-0.4, -0.2) is 19.5 Å². The first-order chi connectivity index (χ1) is 5.38. The summed E-state index contributed by atoms with van der Waals surface area (Å²) in [6, 6.07) is 0. The molecule has 11 heavy (non-hydrogen) atoms. The van der Waals surface area contributed by atoms with Crippen molar-refractivity contribution in [1.82, 2.24) is 0 Å². The summed E-state index contributed by atoms with van der Waals surface area (Å²) in [6.45, 7) is 0. The Morgan fingerprint density at radius 1 is 1.27 bits per heavy atom. The summed E-state index contributed by atoms with van der Waals surface area (Å²) in [5.74, 6) is 0. The van der Waals surface area contributed by atoms with Crippen molar-refractivity contribution in [1.29, 1.82) is 5.41 Å². The van der Waals surface area contributed by atoms with E-state index in [-0.39, 0.29) is 0 Å². The van der Waals surface area contributed by atoms with Crippen molar-refractivity contribution >= 4 is 12.4 Å². The van der Waals surface area contributed by atoms with Gasteiger partial charge in [0.25, 0.3) is 0 Å². The van der Waals surface area contributed by atoms with E-state index in [1.165, 1.54) is 30.2 Å². The molecule has 0 aromatic rings. The van der Waals surface area contributed by atoms with Gasteiger partial charge in [0.15, 0.2) is 0 Å². The van der Waals surface area contributed by atoms with Gasteiger partial charge >= 0.3 is 0 Å². The summed E-state index contributed by atoms with van der Waals surface area (Å²) in [7, 11) is 1.78. The lowest BCUT2D eigenvalue weighted by Crippen LogP contribution is -2.01. The zero-order chi connectivity index (χ0) is 8.10. The lowest BCUT2D eigenvalue weighted by atomic mass is 9.93. The molecule has 1 N–H and O–H groups in total. The Morgan fingerprint density at radius 2 is 1.91 bits per heavy atom. The van der Waals surface area contributed by atoms with E-state index in [9.17, 15) is 0 Å². The number of nitrogens with one attached hydrogen (secondary N) is 1. The molecule has 1 aliphatic carbocycles. The Hall–Kier alpha value is -0.920. The lowest BCUT2D eigenvalue weighted by Gasteiger charge is -2.13. The molecule has 2 heteroatoms. The molecule has 0 amide bonds. The normalized spacial score (nSPS) is 19.4. The second kappa shape index (κ2) is 4.06. The number of hydrogen-bond acceptors (Lipinski definition) is 2. The van der Waals surface area contributed by atoms with Crippen molar-refractivity contribution in [3.63, 3.8) is 0 Å². The highest BCUT2D eigenvalue weighted by molar-refractivity contribution is 5.90. The van der Waals surface area contributed by atoms with Crippen molar-refractivity contribution in [3.05, 3.63) is 11.1 Å². The predicted molar refractivity (Wildman–Crippen MR) is 48.7 cm³/mol. The fourth-order valence-electron chi connectivity index (χ4n) is 1.42. The van der Waals surface area contributed by atoms with Gasteiger partial charge in [-0.1, -0.05) is 0 Å². The van der Waals surface area contributed by atoms with E-state index in [0.29, 0.717) is 0 Å². The van der Waals surface area contributed by atoms with Gasteiger partial charge in [-0.05, 0) is 36.8 Å². The van der Waals surface area contributed by atoms with Crippen LogP contribution in [0.25, 0.3) is 0 Å². The van der Waals surface area contributed by atoms with Crippen LogP contribution in [0.1, 0.15) is 25.7 Å². The van der Waals surface area contributed by atoms with Crippen LogP contribution >= 0.6 is 0 Å². The van der Waals surface area contributed by atoms with Gasteiger partial charge in [0.05, 0.1) is 0 Å². The van der Waals surface area contributed by atoms with Crippen LogP contribution in [0.4, 0.5) is 0 Å². The quantitative estimate of drug-likeness (QED) is 0.586. The topological polar surface area (TPSA) is 36.2 Å². The zero-order valence-electron chi connectivity index (χ0n) is 6.93. The molecule has 0 aromatic heterocycles. The van der Waals surface area contributed by atoms with E-state index in [0.717, 1.165) is 12.8 Å². The van der Waals surface area contributed by atoms with Crippen LogP contribution in [0.15, 0.2) is 16.1 Å². The van der Waals surface area contributed by atoms with Crippen LogP contribution in [-0.2, 0) is 0 Å². The predicted octanol–water partition coefficient (Wildman–Crippen LogP) is 2.21. The summed E-state index contributed by atoms with van der Waals surface area (Å²) in [4.78, 5) is 3.97. The molecule has 1 aliphatic rings. The minimum Gasteiger partial charge on any atom is -0.308 e. The van der Waals surface area contributed by atoms with Crippen LogP contribution in [0.5, 0.6) is 0 Å². The van der Waals surface area contributed by atoms with Gasteiger partial charge in [-0.2, -0.15) is 0 Å². The van der Waals surface area contributed by atoms with Gasteiger partial charge in [0.2, 0.25) is 0 Å². The highest BCUT2D eigenvalue weighted by atomic mass is 14.6. The van der Waals surface area contributed by atoms with E-state index in [4.69, 9.17) is 5.41 Å². The van der Waals surface area contributed by atoms with Crippen molar-refractivity contribution in [2.75, 3.05) is 7.05 Å². The molecule has 0 aromatic carbocycles. The molecule has 0 fully saturated rings. The maximum absolute atomic E-state index is 7.16. The Bertz CT molecular complexity index is 202. The van der Waals surface area contributed by atoms with Gasteiger partial charge in [0, 0.05) is 19.5 Å². The molecule has 1 rings (SSSR count). The molecule has 0 atom stereocenters. The smallest absolute Gasteiger partial charge is 0.0277 e. The van der Waals surface area contributed by atoms with Crippen LogP contribution < -0.4 is 0 Å². The molecule has 0 saturated heterocycles. The summed E-state index contributed by atoms with van der Waals surface area (Å²) in [5, 5.41) is 7.16. The summed E-state index contributed by atoms with van der Waals surface area (Å²) in [6.07, 6.45) is 7.99. The van der Waals surface area contributed by atoms with Crippen molar-refractivity contribution < 1.29 is 0 Å². The standard InChI is InChI=1S/C9H14N2/c1-11-7-9-5-3-2-4-8(9)6-10/h6-7,10H,2-5H2,1H3. The second-order valence-electron chi connectivity index (χ2n) is 2.79. The lowest BCUT2D eigenvalue weighted by molar-refractivity contribution is 0.707. The van der Waals surface area contributed by atoms with Crippen molar-refractivity contribution in [3.8, 4) is 0 Å². The Kier molecular flexibility index (Phi) is 3.02. The SMILES string of the molecule is CN=CC1=C(C=N)CCCC1. The molecule has 0 bridgehead atoms. The zero-order valence-corrected chi connectivity index (χ0v) is 6.93. The first kappa shape index (κ1) is 8.18. The Labute approximate surface area is 67.5 Å². The first-order valence-electron chi connectivity index (χ1n) is 4.03. The molecular formula is C9H14N2. The number of aliphatic imine (C=N–C) groups is 1. The van der Waals surface area contributed by atoms with Gasteiger partial charge in [-0.3, -0.25) is 4.99 Å². The van der Waals surface area contributed by atoms with E-state index in [1.54, 1.807) is 7.05 Å². The van der Waals surface area contributed by atoms with Gasteiger partial charge in [-0.15, -0.1) is 0 Å². The Balaban J connectivity index is 2.81. The molecule has 0 aliphatic heterocycles. The second-order valence-corrected chi connectivity index (χ2v) is 2.79. The average Bonchev–Trinajstić information content (AvgIpc) is 2.06. The van der Waals surface area contributed by atoms with Gasteiger partial charge < -0.3 is 5.41 Å². The minimum atomic E-state index is 1.06. The average molecular weight is 150 g/mol. The van der Waals surface area contributed by atoms with E-state index < -0.39 is 0 Å². The highest BCUT2D eigenvalue weighted by Crippen LogP contribution is 2.21. The molecular weight excluding hydrogens is 136 g/mol. The van der Waals surface area contributed by atoms with E-state index in [2.05, 4.69) is 4.99 Å². The van der Waals surface area contributed by atoms with Crippen LogP contribution in [0.2, 0.25) is 0 Å². The van der Waals surface area contributed by atoms with Crippen LogP contribution in [0.3, 0.4) is 0 Å². The molecule has 0 heterocycles. The first-order valence-corrected chi connectivity index (χ1v) is 4.03. The van der Waals surface area contributed by atoms with Gasteiger partial charge in [0.1, 0.15) is 0 Å². The number of hydrogen-bond donors (Lipinski definition) is 1. The molecule has 0 spiro atoms. The third-order valence-corrected chi connectivity index (χ3v) is 2.01. The minimum absolute atomic E-state index is 1.06. The van der Waals surface area contributed by atoms with Crippen molar-refractivity contribution in [2.24, 2.45) is 4.99 Å². The summed E-state index contributed by atoms with van der Waals surface area (Å²) >= 11 is 0. The third kappa shape index (κ3) is 2.00. The number of nitrogens with zero attached hydrogens (tertiary/aromatic N) is 1. The maximum Gasteiger partial charge on any atom is 0.0277 e. The summed E-state index contributed by atoms with van der Waals surface area (Å²) < 4.78 is 0. The number of rotatable bonds is 2. The molecule has 0 saturated carbocycles. The fourth-order valence-corrected chi connectivity index (χ4v) is 1.42. The maximum atomic E-state index is 7.16. The number of allylic oxidation sites excluding steroid dienone is 2. The Morgan fingerprint density at radius 3 is 2.45 bits per heavy atom. The van der Waals surface area contributed by atoms with Crippen molar-refractivity contribution in [2.45, 2.75) is 25.7 Å². The molecule has 0 unspecified atom stereocenters. The third-order valence-electron chi connectivity index (χ3n) is 2.01. The molecule has 0 radical (unpaired) electrons. The van der Waals surface area contributed by atoms with Crippen LogP contribution in [0, 0.1) is 5.41 Å². The van der Waals surface area contributed by atoms with Gasteiger partial charge in [-0.25, -0.2) is 0 Å². The highest BCUT2D eigenvalue weighted by Gasteiger charge is 2.07.